The zero-order valence-corrected chi connectivity index (χ0v) is 21.8. The number of nitrogens with zero attached hydrogens (tertiary/aromatic N) is 4. The molecule has 0 saturated carbocycles. The van der Waals surface area contributed by atoms with Crippen LogP contribution < -0.4 is 20.2 Å². The number of hydrogen-bond donors (Lipinski definition) is 1. The first-order chi connectivity index (χ1) is 16.7. The molecule has 3 aromatic rings. The number of carbonyl (C=O) groups excluding carboxylic acids is 2. The molecule has 2 aliphatic heterocycles. The van der Waals surface area contributed by atoms with Gasteiger partial charge in [0.1, 0.15) is 0 Å². The predicted molar refractivity (Wildman–Crippen MR) is 144 cm³/mol. The quantitative estimate of drug-likeness (QED) is 0.345. The molecule has 5 rings (SSSR count). The van der Waals surface area contributed by atoms with Gasteiger partial charge < -0.3 is 0 Å². The SMILES string of the molecule is CC1=CC(C)NN1c1nc(C2C(=O)N(c3ccc(Cl)cc3)C(=S)N(c3ccc(Cl)cc3)C2=O)cs1. The van der Waals surface area contributed by atoms with Gasteiger partial charge in [-0.25, -0.2) is 10.4 Å². The Morgan fingerprint density at radius 3 is 1.91 bits per heavy atom. The summed E-state index contributed by atoms with van der Waals surface area (Å²) in [4.78, 5) is 34.9. The second-order valence-electron chi connectivity index (χ2n) is 8.13. The molecule has 35 heavy (non-hydrogen) atoms. The molecule has 178 valence electrons. The van der Waals surface area contributed by atoms with Crippen molar-refractivity contribution in [1.29, 1.82) is 0 Å². The zero-order valence-electron chi connectivity index (χ0n) is 18.6. The van der Waals surface area contributed by atoms with E-state index < -0.39 is 17.7 Å². The number of hydrazine groups is 1. The zero-order chi connectivity index (χ0) is 24.9. The van der Waals surface area contributed by atoms with Gasteiger partial charge in [-0.1, -0.05) is 23.2 Å². The summed E-state index contributed by atoms with van der Waals surface area (Å²) >= 11 is 19.1. The third-order valence-corrected chi connectivity index (χ3v) is 7.37. The maximum atomic E-state index is 13.8. The first-order valence-electron chi connectivity index (χ1n) is 10.7. The predicted octanol–water partition coefficient (Wildman–Crippen LogP) is 5.52. The first kappa shape index (κ1) is 23.9. The smallest absolute Gasteiger partial charge is 0.252 e. The lowest BCUT2D eigenvalue weighted by atomic mass is 9.99. The molecule has 2 aliphatic rings. The van der Waals surface area contributed by atoms with E-state index in [1.165, 1.54) is 21.1 Å². The molecular formula is C24H19Cl2N5O2S2. The van der Waals surface area contributed by atoms with Gasteiger partial charge in [-0.15, -0.1) is 11.3 Å². The molecule has 3 heterocycles. The van der Waals surface area contributed by atoms with Crippen molar-refractivity contribution in [2.75, 3.05) is 14.8 Å². The highest BCUT2D eigenvalue weighted by Crippen LogP contribution is 2.36. The number of hydrogen-bond acceptors (Lipinski definition) is 7. The largest absolute Gasteiger partial charge is 0.273 e. The van der Waals surface area contributed by atoms with Crippen LogP contribution in [-0.4, -0.2) is 28.0 Å². The third-order valence-electron chi connectivity index (χ3n) is 5.66. The molecule has 11 heteroatoms. The second kappa shape index (κ2) is 9.33. The van der Waals surface area contributed by atoms with Gasteiger partial charge in [-0.05, 0) is 80.7 Å². The fourth-order valence-corrected chi connectivity index (χ4v) is 5.58. The van der Waals surface area contributed by atoms with Crippen LogP contribution in [0.2, 0.25) is 10.0 Å². The summed E-state index contributed by atoms with van der Waals surface area (Å²) in [6.07, 6.45) is 2.07. The van der Waals surface area contributed by atoms with Gasteiger partial charge in [0.05, 0.1) is 17.1 Å². The summed E-state index contributed by atoms with van der Waals surface area (Å²) in [5.41, 5.74) is 5.66. The van der Waals surface area contributed by atoms with Crippen molar-refractivity contribution < 1.29 is 9.59 Å². The van der Waals surface area contributed by atoms with Crippen molar-refractivity contribution >= 4 is 80.2 Å². The molecule has 2 aromatic carbocycles. The van der Waals surface area contributed by atoms with Crippen molar-refractivity contribution in [1.82, 2.24) is 10.4 Å². The average molecular weight is 544 g/mol. The van der Waals surface area contributed by atoms with E-state index in [2.05, 4.69) is 16.5 Å². The fraction of sp³-hybridized carbons (Fsp3) is 0.167. The summed E-state index contributed by atoms with van der Waals surface area (Å²) in [5.74, 6) is -2.12. The lowest BCUT2D eigenvalue weighted by molar-refractivity contribution is -0.128. The van der Waals surface area contributed by atoms with Gasteiger partial charge in [0.2, 0.25) is 5.13 Å². The number of benzene rings is 2. The number of amides is 2. The Hall–Kier alpha value is -2.82. The van der Waals surface area contributed by atoms with E-state index >= 15 is 0 Å². The van der Waals surface area contributed by atoms with Crippen LogP contribution in [0.15, 0.2) is 65.7 Å². The van der Waals surface area contributed by atoms with Crippen molar-refractivity contribution in [3.05, 3.63) is 81.4 Å². The van der Waals surface area contributed by atoms with Crippen LogP contribution in [0.3, 0.4) is 0 Å². The Kier molecular flexibility index (Phi) is 6.37. The lowest BCUT2D eigenvalue weighted by Gasteiger charge is -2.38. The minimum atomic E-state index is -1.18. The normalized spacial score (nSPS) is 19.1. The van der Waals surface area contributed by atoms with Gasteiger partial charge in [-0.2, -0.15) is 0 Å². The van der Waals surface area contributed by atoms with E-state index in [1.807, 2.05) is 18.9 Å². The molecule has 1 aromatic heterocycles. The van der Waals surface area contributed by atoms with Crippen LogP contribution >= 0.6 is 46.8 Å². The Morgan fingerprint density at radius 2 is 1.46 bits per heavy atom. The summed E-state index contributed by atoms with van der Waals surface area (Å²) in [7, 11) is 0. The first-order valence-corrected chi connectivity index (χ1v) is 12.7. The molecule has 0 bridgehead atoms. The van der Waals surface area contributed by atoms with Gasteiger partial charge in [0, 0.05) is 27.2 Å². The number of nitrogens with one attached hydrogen (secondary N) is 1. The number of carbonyl (C=O) groups is 2. The Bertz CT molecular complexity index is 1290. The van der Waals surface area contributed by atoms with Crippen LogP contribution in [0.25, 0.3) is 0 Å². The van der Waals surface area contributed by atoms with Crippen molar-refractivity contribution in [2.45, 2.75) is 25.8 Å². The monoisotopic (exact) mass is 543 g/mol. The van der Waals surface area contributed by atoms with Crippen LogP contribution in [0.5, 0.6) is 0 Å². The molecular weight excluding hydrogens is 525 g/mol. The minimum absolute atomic E-state index is 0.0464. The van der Waals surface area contributed by atoms with E-state index in [0.717, 1.165) is 5.70 Å². The number of allylic oxidation sites excluding steroid dienone is 1. The molecule has 0 radical (unpaired) electrons. The van der Waals surface area contributed by atoms with Gasteiger partial charge in [-0.3, -0.25) is 24.4 Å². The Balaban J connectivity index is 1.58. The standard InChI is InChI=1S/C24H19Cl2N5O2S2/c1-13-11-14(2)31(28-13)23-27-19(12-35-23)20-21(32)29(17-7-3-15(25)4-8-17)24(34)30(22(20)33)18-9-5-16(26)6-10-18/h3-13,20,28H,1-2H3. The second-order valence-corrected chi connectivity index (χ2v) is 10.2. The van der Waals surface area contributed by atoms with Gasteiger partial charge >= 0.3 is 0 Å². The van der Waals surface area contributed by atoms with Crippen molar-refractivity contribution in [3.8, 4) is 0 Å². The van der Waals surface area contributed by atoms with Crippen LogP contribution in [-0.2, 0) is 9.59 Å². The number of rotatable bonds is 4. The fourth-order valence-electron chi connectivity index (χ4n) is 4.06. The molecule has 1 fully saturated rings. The highest BCUT2D eigenvalue weighted by atomic mass is 35.5. The molecule has 2 amide bonds. The third kappa shape index (κ3) is 4.34. The topological polar surface area (TPSA) is 68.8 Å². The maximum Gasteiger partial charge on any atom is 0.252 e. The number of thiazole rings is 1. The maximum absolute atomic E-state index is 13.8. The lowest BCUT2D eigenvalue weighted by Crippen LogP contribution is -2.59. The van der Waals surface area contributed by atoms with E-state index in [4.69, 9.17) is 35.4 Å². The van der Waals surface area contributed by atoms with E-state index in [9.17, 15) is 9.59 Å². The van der Waals surface area contributed by atoms with E-state index in [1.54, 1.807) is 53.9 Å². The molecule has 1 N–H and O–H groups in total. The Morgan fingerprint density at radius 1 is 0.943 bits per heavy atom. The van der Waals surface area contributed by atoms with Gasteiger partial charge in [0.15, 0.2) is 11.0 Å². The van der Waals surface area contributed by atoms with Crippen molar-refractivity contribution in [3.63, 3.8) is 0 Å². The van der Waals surface area contributed by atoms with E-state index in [0.29, 0.717) is 32.2 Å². The van der Waals surface area contributed by atoms with E-state index in [-0.39, 0.29) is 11.2 Å². The molecule has 0 spiro atoms. The summed E-state index contributed by atoms with van der Waals surface area (Å²) in [6, 6.07) is 13.6. The molecule has 1 unspecified atom stereocenters. The van der Waals surface area contributed by atoms with Gasteiger partial charge in [0.25, 0.3) is 11.8 Å². The summed E-state index contributed by atoms with van der Waals surface area (Å²) in [6.45, 7) is 4.00. The number of thiocarbonyl (C=S) groups is 1. The minimum Gasteiger partial charge on any atom is -0.273 e. The summed E-state index contributed by atoms with van der Waals surface area (Å²) in [5, 5.41) is 5.32. The Labute approximate surface area is 221 Å². The summed E-state index contributed by atoms with van der Waals surface area (Å²) < 4.78 is 0. The molecule has 1 saturated heterocycles. The number of aromatic nitrogens is 1. The number of anilines is 3. The highest BCUT2D eigenvalue weighted by Gasteiger charge is 2.47. The van der Waals surface area contributed by atoms with Crippen LogP contribution in [0.4, 0.5) is 16.5 Å². The molecule has 1 atom stereocenters. The molecule has 0 aliphatic carbocycles. The highest BCUT2D eigenvalue weighted by molar-refractivity contribution is 7.81. The average Bonchev–Trinajstić information content (AvgIpc) is 3.42. The van der Waals surface area contributed by atoms with Crippen molar-refractivity contribution in [2.24, 2.45) is 0 Å². The number of halogens is 2. The molecule has 7 nitrogen and oxygen atoms in total. The van der Waals surface area contributed by atoms with Crippen LogP contribution in [0, 0.1) is 0 Å². The van der Waals surface area contributed by atoms with Crippen LogP contribution in [0.1, 0.15) is 25.5 Å².